The molecule has 0 spiro atoms. The summed E-state index contributed by atoms with van der Waals surface area (Å²) in [6.07, 6.45) is 1.63. The van der Waals surface area contributed by atoms with Gasteiger partial charge in [0.15, 0.2) is 11.6 Å². The van der Waals surface area contributed by atoms with Gasteiger partial charge in [0.1, 0.15) is 9.84 Å². The van der Waals surface area contributed by atoms with Crippen LogP contribution in [0.15, 0.2) is 78.4 Å². The standard InChI is InChI=1S/C27H13NO2S2/c29-25-20-12-17-8-4-5-9-18(17)13-21(20)26(30)22(25)15-24-28-27-23(32-24)14-19(31-27)11-10-16-6-2-1-3-7-16/h1-9,12-15H. The molecule has 0 aliphatic heterocycles. The number of hydrogen-bond donors (Lipinski definition) is 0. The van der Waals surface area contributed by atoms with Crippen molar-refractivity contribution in [2.75, 3.05) is 0 Å². The van der Waals surface area contributed by atoms with E-state index in [0.29, 0.717) is 16.1 Å². The molecule has 0 radical (unpaired) electrons. The highest BCUT2D eigenvalue weighted by molar-refractivity contribution is 7.27. The van der Waals surface area contributed by atoms with Crippen LogP contribution >= 0.6 is 22.7 Å². The minimum absolute atomic E-state index is 0.181. The van der Waals surface area contributed by atoms with Crippen LogP contribution in [0.5, 0.6) is 0 Å². The first kappa shape index (κ1) is 18.9. The number of allylic oxidation sites excluding steroid dienone is 1. The lowest BCUT2D eigenvalue weighted by atomic mass is 10.0. The Labute approximate surface area is 191 Å². The van der Waals surface area contributed by atoms with Crippen LogP contribution in [0.3, 0.4) is 0 Å². The SMILES string of the molecule is O=C1C(=Cc2nc3sc(C#Cc4ccccc4)cc3s2)C(=O)c2cc3ccccc3cc21. The molecule has 2 aromatic heterocycles. The third-order valence-electron chi connectivity index (χ3n) is 5.34. The Kier molecular flexibility index (Phi) is 4.36. The zero-order valence-corrected chi connectivity index (χ0v) is 18.2. The second-order valence-corrected chi connectivity index (χ2v) is 9.50. The number of aromatic nitrogens is 1. The van der Waals surface area contributed by atoms with Crippen molar-refractivity contribution in [3.8, 4) is 11.8 Å². The lowest BCUT2D eigenvalue weighted by Crippen LogP contribution is -1.99. The second kappa shape index (κ2) is 7.38. The summed E-state index contributed by atoms with van der Waals surface area (Å²) in [4.78, 5) is 32.3. The molecule has 2 heterocycles. The Hall–Kier alpha value is -3.85. The smallest absolute Gasteiger partial charge is 0.197 e. The number of carbonyl (C=O) groups excluding carboxylic acids is 2. The van der Waals surface area contributed by atoms with Gasteiger partial charge in [-0.1, -0.05) is 54.3 Å². The molecule has 1 aliphatic carbocycles. The molecule has 1 aliphatic rings. The third kappa shape index (κ3) is 3.18. The van der Waals surface area contributed by atoms with Crippen LogP contribution in [-0.2, 0) is 0 Å². The van der Waals surface area contributed by atoms with Gasteiger partial charge in [0, 0.05) is 16.7 Å². The first-order valence-corrected chi connectivity index (χ1v) is 11.6. The summed E-state index contributed by atoms with van der Waals surface area (Å²) in [6, 6.07) is 23.2. The van der Waals surface area contributed by atoms with Gasteiger partial charge in [-0.15, -0.1) is 22.7 Å². The molecule has 3 aromatic carbocycles. The molecule has 32 heavy (non-hydrogen) atoms. The fourth-order valence-corrected chi connectivity index (χ4v) is 5.82. The quantitative estimate of drug-likeness (QED) is 0.170. The Morgan fingerprint density at radius 1 is 0.750 bits per heavy atom. The maximum atomic E-state index is 13.0. The molecule has 3 nitrogen and oxygen atoms in total. The number of hydrogen-bond acceptors (Lipinski definition) is 5. The van der Waals surface area contributed by atoms with Gasteiger partial charge in [0.05, 0.1) is 15.2 Å². The van der Waals surface area contributed by atoms with Crippen molar-refractivity contribution in [2.45, 2.75) is 0 Å². The number of rotatable bonds is 1. The summed E-state index contributed by atoms with van der Waals surface area (Å²) < 4.78 is 1.00. The summed E-state index contributed by atoms with van der Waals surface area (Å²) >= 11 is 2.98. The molecule has 0 saturated heterocycles. The highest BCUT2D eigenvalue weighted by Crippen LogP contribution is 2.34. The van der Waals surface area contributed by atoms with Crippen molar-refractivity contribution in [2.24, 2.45) is 0 Å². The number of fused-ring (bicyclic) bond motifs is 3. The zero-order chi connectivity index (χ0) is 21.7. The maximum absolute atomic E-state index is 13.0. The average molecular weight is 448 g/mol. The highest BCUT2D eigenvalue weighted by Gasteiger charge is 2.33. The monoisotopic (exact) mass is 447 g/mol. The molecule has 0 bridgehead atoms. The average Bonchev–Trinajstić information content (AvgIpc) is 3.44. The van der Waals surface area contributed by atoms with Gasteiger partial charge in [-0.2, -0.15) is 0 Å². The number of thiophene rings is 1. The topological polar surface area (TPSA) is 47.0 Å². The molecule has 5 aromatic rings. The molecule has 0 amide bonds. The van der Waals surface area contributed by atoms with Crippen molar-refractivity contribution >= 4 is 60.6 Å². The fraction of sp³-hybridized carbons (Fsp3) is 0. The molecule has 150 valence electrons. The summed E-state index contributed by atoms with van der Waals surface area (Å²) in [5, 5.41) is 2.56. The van der Waals surface area contributed by atoms with E-state index in [9.17, 15) is 9.59 Å². The van der Waals surface area contributed by atoms with Gasteiger partial charge in [-0.05, 0) is 47.2 Å². The van der Waals surface area contributed by atoms with Gasteiger partial charge in [0.2, 0.25) is 0 Å². The Balaban J connectivity index is 1.33. The van der Waals surface area contributed by atoms with Crippen LogP contribution in [0, 0.1) is 11.8 Å². The lowest BCUT2D eigenvalue weighted by Gasteiger charge is -2.00. The van der Waals surface area contributed by atoms with Crippen molar-refractivity contribution in [3.05, 3.63) is 105 Å². The summed E-state index contributed by atoms with van der Waals surface area (Å²) in [6.45, 7) is 0. The number of thiazole rings is 1. The van der Waals surface area contributed by atoms with E-state index in [1.807, 2.05) is 72.8 Å². The largest absolute Gasteiger partial charge is 0.288 e. The maximum Gasteiger partial charge on any atom is 0.197 e. The molecule has 0 atom stereocenters. The molecule has 6 rings (SSSR count). The summed E-state index contributed by atoms with van der Waals surface area (Å²) in [5.74, 6) is 5.87. The molecule has 0 unspecified atom stereocenters. The van der Waals surface area contributed by atoms with E-state index < -0.39 is 0 Å². The number of nitrogens with zero attached hydrogens (tertiary/aromatic N) is 1. The van der Waals surface area contributed by atoms with E-state index in [0.717, 1.165) is 30.7 Å². The summed E-state index contributed by atoms with van der Waals surface area (Å²) in [7, 11) is 0. The first-order chi connectivity index (χ1) is 15.7. The third-order valence-corrected chi connectivity index (χ3v) is 7.36. The summed E-state index contributed by atoms with van der Waals surface area (Å²) in [5.41, 5.74) is 2.09. The molecule has 0 fully saturated rings. The van der Waals surface area contributed by atoms with Crippen LogP contribution in [0.4, 0.5) is 0 Å². The van der Waals surface area contributed by atoms with Gasteiger partial charge in [-0.25, -0.2) is 4.98 Å². The fourth-order valence-electron chi connectivity index (χ4n) is 3.79. The molecule has 0 N–H and O–H groups in total. The Morgan fingerprint density at radius 3 is 2.06 bits per heavy atom. The lowest BCUT2D eigenvalue weighted by molar-refractivity contribution is 0.0990. The second-order valence-electron chi connectivity index (χ2n) is 7.41. The molecular formula is C27H13NO2S2. The predicted octanol–water partition coefficient (Wildman–Crippen LogP) is 6.37. The number of Topliss-reactive ketones (excluding diaryl/α,β-unsaturated/α-hetero) is 2. The van der Waals surface area contributed by atoms with Crippen LogP contribution in [0.25, 0.3) is 26.4 Å². The zero-order valence-electron chi connectivity index (χ0n) is 16.6. The minimum Gasteiger partial charge on any atom is -0.288 e. The minimum atomic E-state index is -0.233. The predicted molar refractivity (Wildman–Crippen MR) is 131 cm³/mol. The van der Waals surface area contributed by atoms with Crippen LogP contribution in [-0.4, -0.2) is 16.6 Å². The number of ketones is 2. The Bertz CT molecular complexity index is 1570. The van der Waals surface area contributed by atoms with E-state index in [1.165, 1.54) is 22.7 Å². The highest BCUT2D eigenvalue weighted by atomic mass is 32.1. The normalized spacial score (nSPS) is 12.8. The van der Waals surface area contributed by atoms with Crippen molar-refractivity contribution in [3.63, 3.8) is 0 Å². The number of benzene rings is 3. The molecular weight excluding hydrogens is 434 g/mol. The Morgan fingerprint density at radius 2 is 1.41 bits per heavy atom. The van der Waals surface area contributed by atoms with E-state index >= 15 is 0 Å². The number of carbonyl (C=O) groups is 2. The van der Waals surface area contributed by atoms with Gasteiger partial charge in [0.25, 0.3) is 0 Å². The molecule has 5 heteroatoms. The van der Waals surface area contributed by atoms with E-state index in [2.05, 4.69) is 16.8 Å². The van der Waals surface area contributed by atoms with Gasteiger partial charge < -0.3 is 0 Å². The van der Waals surface area contributed by atoms with Gasteiger partial charge >= 0.3 is 0 Å². The van der Waals surface area contributed by atoms with Crippen molar-refractivity contribution in [1.29, 1.82) is 0 Å². The van der Waals surface area contributed by atoms with E-state index in [4.69, 9.17) is 0 Å². The van der Waals surface area contributed by atoms with E-state index in [-0.39, 0.29) is 17.1 Å². The van der Waals surface area contributed by atoms with Gasteiger partial charge in [-0.3, -0.25) is 9.59 Å². The molecule has 0 saturated carbocycles. The van der Waals surface area contributed by atoms with Crippen LogP contribution in [0.2, 0.25) is 0 Å². The van der Waals surface area contributed by atoms with Crippen molar-refractivity contribution < 1.29 is 9.59 Å². The first-order valence-electron chi connectivity index (χ1n) is 9.97. The van der Waals surface area contributed by atoms with E-state index in [1.54, 1.807) is 6.08 Å². The van der Waals surface area contributed by atoms with Crippen molar-refractivity contribution in [1.82, 2.24) is 4.98 Å². The van der Waals surface area contributed by atoms with Crippen LogP contribution in [0.1, 0.15) is 36.2 Å². The van der Waals surface area contributed by atoms with Crippen LogP contribution < -0.4 is 0 Å².